The molecule has 0 spiro atoms. The maximum Gasteiger partial charge on any atom is 0.229 e. The lowest BCUT2D eigenvalue weighted by Crippen LogP contribution is -2.37. The number of aliphatic hydroxyl groups is 1. The molecule has 0 fully saturated rings. The number of hydrogen-bond acceptors (Lipinski definition) is 2. The lowest BCUT2D eigenvalue weighted by molar-refractivity contribution is -0.141. The monoisotopic (exact) mass is 145 g/mol. The molecule has 0 saturated carbocycles. The van der Waals surface area contributed by atoms with E-state index in [1.807, 2.05) is 20.8 Å². The lowest BCUT2D eigenvalue weighted by Gasteiger charge is -2.23. The van der Waals surface area contributed by atoms with Crippen LogP contribution in [0, 0.1) is 5.41 Å². The van der Waals surface area contributed by atoms with Crippen molar-refractivity contribution in [2.24, 2.45) is 5.41 Å². The SMILES string of the molecule is CN(CO)C(=O)C(C)(C)C. The Morgan fingerprint density at radius 3 is 2.00 bits per heavy atom. The van der Waals surface area contributed by atoms with Gasteiger partial charge in [-0.15, -0.1) is 0 Å². The molecule has 0 rings (SSSR count). The van der Waals surface area contributed by atoms with Gasteiger partial charge in [0.05, 0.1) is 0 Å². The summed E-state index contributed by atoms with van der Waals surface area (Å²) in [4.78, 5) is 12.5. The van der Waals surface area contributed by atoms with Gasteiger partial charge < -0.3 is 10.0 Å². The number of carbonyl (C=O) groups is 1. The molecule has 3 heteroatoms. The zero-order valence-corrected chi connectivity index (χ0v) is 7.01. The van der Waals surface area contributed by atoms with E-state index in [1.54, 1.807) is 7.05 Å². The van der Waals surface area contributed by atoms with Gasteiger partial charge in [-0.05, 0) is 0 Å². The third-order valence-corrected chi connectivity index (χ3v) is 1.20. The Hall–Kier alpha value is -0.570. The molecular formula is C7H15NO2. The van der Waals surface area contributed by atoms with Crippen LogP contribution < -0.4 is 0 Å². The average Bonchev–Trinajstić information content (AvgIpc) is 1.83. The summed E-state index contributed by atoms with van der Waals surface area (Å²) >= 11 is 0. The van der Waals surface area contributed by atoms with E-state index in [1.165, 1.54) is 4.90 Å². The van der Waals surface area contributed by atoms with Crippen molar-refractivity contribution in [3.05, 3.63) is 0 Å². The van der Waals surface area contributed by atoms with Gasteiger partial charge in [-0.2, -0.15) is 0 Å². The van der Waals surface area contributed by atoms with E-state index < -0.39 is 5.41 Å². The summed E-state index contributed by atoms with van der Waals surface area (Å²) in [5, 5.41) is 8.57. The summed E-state index contributed by atoms with van der Waals surface area (Å²) in [5.41, 5.74) is -0.391. The molecule has 0 saturated heterocycles. The fraction of sp³-hybridized carbons (Fsp3) is 0.857. The van der Waals surface area contributed by atoms with Crippen molar-refractivity contribution in [3.8, 4) is 0 Å². The Morgan fingerprint density at radius 1 is 1.50 bits per heavy atom. The number of hydrogen-bond donors (Lipinski definition) is 1. The van der Waals surface area contributed by atoms with Gasteiger partial charge in [0, 0.05) is 12.5 Å². The number of carbonyl (C=O) groups excluding carboxylic acids is 1. The first kappa shape index (κ1) is 9.43. The molecule has 1 N–H and O–H groups in total. The van der Waals surface area contributed by atoms with Crippen molar-refractivity contribution in [1.29, 1.82) is 0 Å². The second-order valence-corrected chi connectivity index (χ2v) is 3.39. The molecule has 0 aliphatic carbocycles. The van der Waals surface area contributed by atoms with Gasteiger partial charge in [0.25, 0.3) is 0 Å². The van der Waals surface area contributed by atoms with Crippen LogP contribution in [-0.2, 0) is 4.79 Å². The topological polar surface area (TPSA) is 40.5 Å². The lowest BCUT2D eigenvalue weighted by atomic mass is 9.95. The number of nitrogens with zero attached hydrogens (tertiary/aromatic N) is 1. The van der Waals surface area contributed by atoms with Crippen LogP contribution in [0.25, 0.3) is 0 Å². The van der Waals surface area contributed by atoms with Crippen LogP contribution in [0.5, 0.6) is 0 Å². The van der Waals surface area contributed by atoms with E-state index in [4.69, 9.17) is 5.11 Å². The summed E-state index contributed by atoms with van der Waals surface area (Å²) in [6.07, 6.45) is 0. The van der Waals surface area contributed by atoms with Crippen LogP contribution >= 0.6 is 0 Å². The van der Waals surface area contributed by atoms with E-state index in [0.29, 0.717) is 0 Å². The average molecular weight is 145 g/mol. The van der Waals surface area contributed by atoms with Crippen molar-refractivity contribution in [1.82, 2.24) is 4.90 Å². The minimum atomic E-state index is -0.391. The first-order chi connectivity index (χ1) is 4.39. The number of rotatable bonds is 1. The fourth-order valence-corrected chi connectivity index (χ4v) is 0.637. The van der Waals surface area contributed by atoms with Gasteiger partial charge in [0.15, 0.2) is 0 Å². The smallest absolute Gasteiger partial charge is 0.229 e. The van der Waals surface area contributed by atoms with Gasteiger partial charge >= 0.3 is 0 Å². The first-order valence-corrected chi connectivity index (χ1v) is 3.26. The van der Waals surface area contributed by atoms with Crippen LogP contribution in [0.15, 0.2) is 0 Å². The van der Waals surface area contributed by atoms with Crippen LogP contribution in [-0.4, -0.2) is 29.7 Å². The van der Waals surface area contributed by atoms with E-state index in [0.717, 1.165) is 0 Å². The predicted molar refractivity (Wildman–Crippen MR) is 39.3 cm³/mol. The molecule has 0 aromatic heterocycles. The van der Waals surface area contributed by atoms with Gasteiger partial charge in [-0.25, -0.2) is 0 Å². The van der Waals surface area contributed by atoms with E-state index in [-0.39, 0.29) is 12.6 Å². The summed E-state index contributed by atoms with van der Waals surface area (Å²) in [6.45, 7) is 5.25. The van der Waals surface area contributed by atoms with Crippen molar-refractivity contribution in [2.45, 2.75) is 20.8 Å². The molecule has 0 unspecified atom stereocenters. The largest absolute Gasteiger partial charge is 0.376 e. The third-order valence-electron chi connectivity index (χ3n) is 1.20. The summed E-state index contributed by atoms with van der Waals surface area (Å²) in [6, 6.07) is 0. The van der Waals surface area contributed by atoms with Crippen molar-refractivity contribution in [3.63, 3.8) is 0 Å². The Kier molecular flexibility index (Phi) is 2.84. The van der Waals surface area contributed by atoms with Gasteiger partial charge in [0.2, 0.25) is 5.91 Å². The third kappa shape index (κ3) is 2.35. The summed E-state index contributed by atoms with van der Waals surface area (Å²) in [5.74, 6) is -0.0463. The van der Waals surface area contributed by atoms with Gasteiger partial charge in [0.1, 0.15) is 6.73 Å². The molecule has 0 heterocycles. The van der Waals surface area contributed by atoms with Gasteiger partial charge in [-0.3, -0.25) is 4.79 Å². The maximum atomic E-state index is 11.2. The fourth-order valence-electron chi connectivity index (χ4n) is 0.637. The van der Waals surface area contributed by atoms with E-state index >= 15 is 0 Å². The van der Waals surface area contributed by atoms with Crippen molar-refractivity contribution in [2.75, 3.05) is 13.8 Å². The Labute approximate surface area is 61.6 Å². The highest BCUT2D eigenvalue weighted by Crippen LogP contribution is 2.15. The number of aliphatic hydroxyl groups excluding tert-OH is 1. The highest BCUT2D eigenvalue weighted by molar-refractivity contribution is 5.81. The number of amides is 1. The Morgan fingerprint density at radius 2 is 1.90 bits per heavy atom. The Balaban J connectivity index is 4.09. The predicted octanol–water partition coefficient (Wildman–Crippen LogP) is 0.441. The molecule has 60 valence electrons. The second-order valence-electron chi connectivity index (χ2n) is 3.39. The molecule has 0 atom stereocenters. The molecule has 0 aliphatic rings. The minimum absolute atomic E-state index is 0.0463. The summed E-state index contributed by atoms with van der Waals surface area (Å²) < 4.78 is 0. The first-order valence-electron chi connectivity index (χ1n) is 3.26. The van der Waals surface area contributed by atoms with Crippen LogP contribution in [0.2, 0.25) is 0 Å². The normalized spacial score (nSPS) is 11.3. The Bertz CT molecular complexity index is 126. The quantitative estimate of drug-likeness (QED) is 0.544. The standard InChI is InChI=1S/C7H15NO2/c1-7(2,3)6(10)8(4)5-9/h9H,5H2,1-4H3. The van der Waals surface area contributed by atoms with Crippen LogP contribution in [0.3, 0.4) is 0 Å². The molecule has 0 radical (unpaired) electrons. The molecular weight excluding hydrogens is 130 g/mol. The highest BCUT2D eigenvalue weighted by atomic mass is 16.3. The molecule has 3 nitrogen and oxygen atoms in total. The molecule has 0 bridgehead atoms. The molecule has 0 aliphatic heterocycles. The van der Waals surface area contributed by atoms with Crippen molar-refractivity contribution < 1.29 is 9.90 Å². The zero-order valence-electron chi connectivity index (χ0n) is 7.01. The second kappa shape index (κ2) is 3.01. The molecule has 10 heavy (non-hydrogen) atoms. The molecule has 0 aromatic carbocycles. The zero-order chi connectivity index (χ0) is 8.36. The van der Waals surface area contributed by atoms with Crippen molar-refractivity contribution >= 4 is 5.91 Å². The molecule has 0 aromatic rings. The highest BCUT2D eigenvalue weighted by Gasteiger charge is 2.23. The minimum Gasteiger partial charge on any atom is -0.376 e. The summed E-state index contributed by atoms with van der Waals surface area (Å²) in [7, 11) is 1.58. The van der Waals surface area contributed by atoms with Gasteiger partial charge in [-0.1, -0.05) is 20.8 Å². The van der Waals surface area contributed by atoms with E-state index in [9.17, 15) is 4.79 Å². The maximum absolute atomic E-state index is 11.2. The van der Waals surface area contributed by atoms with Crippen LogP contribution in [0.4, 0.5) is 0 Å². The van der Waals surface area contributed by atoms with E-state index in [2.05, 4.69) is 0 Å². The molecule has 1 amide bonds. The van der Waals surface area contributed by atoms with Crippen LogP contribution in [0.1, 0.15) is 20.8 Å².